The fourth-order valence-electron chi connectivity index (χ4n) is 2.91. The molecule has 2 aromatic rings. The van der Waals surface area contributed by atoms with Crippen molar-refractivity contribution in [1.82, 2.24) is 14.4 Å². The first-order valence-corrected chi connectivity index (χ1v) is 7.65. The van der Waals surface area contributed by atoms with E-state index < -0.39 is 0 Å². The zero-order chi connectivity index (χ0) is 15.9. The van der Waals surface area contributed by atoms with Crippen molar-refractivity contribution in [1.29, 1.82) is 0 Å². The average molecular weight is 320 g/mol. The fourth-order valence-corrected chi connectivity index (χ4v) is 3.09. The minimum atomic E-state index is -0.00183. The number of piperazine rings is 1. The second-order valence-electron chi connectivity index (χ2n) is 5.59. The number of halogens is 1. The van der Waals surface area contributed by atoms with E-state index in [1.807, 2.05) is 35.9 Å². The lowest BCUT2D eigenvalue weighted by molar-refractivity contribution is -0.130. The first kappa shape index (κ1) is 14.9. The van der Waals surface area contributed by atoms with Gasteiger partial charge in [-0.1, -0.05) is 11.6 Å². The van der Waals surface area contributed by atoms with Crippen LogP contribution in [0.3, 0.4) is 0 Å². The number of rotatable bonds is 1. The number of carbonyl (C=O) groups is 2. The minimum absolute atomic E-state index is 0.00183. The highest BCUT2D eigenvalue weighted by molar-refractivity contribution is 6.31. The SMILES string of the molecule is CC(=O)N1CCN(C(=O)c2cc3cc(Cl)ccc3n2C)CC1. The third kappa shape index (κ3) is 2.57. The van der Waals surface area contributed by atoms with Crippen LogP contribution in [-0.2, 0) is 11.8 Å². The number of benzene rings is 1. The number of carbonyl (C=O) groups excluding carboxylic acids is 2. The Morgan fingerprint density at radius 3 is 2.32 bits per heavy atom. The fraction of sp³-hybridized carbons (Fsp3) is 0.375. The number of aromatic nitrogens is 1. The molecule has 6 heteroatoms. The summed E-state index contributed by atoms with van der Waals surface area (Å²) in [6.07, 6.45) is 0. The van der Waals surface area contributed by atoms with Gasteiger partial charge in [0.2, 0.25) is 5.91 Å². The highest BCUT2D eigenvalue weighted by Crippen LogP contribution is 2.23. The van der Waals surface area contributed by atoms with Crippen LogP contribution in [0, 0.1) is 0 Å². The molecular weight excluding hydrogens is 302 g/mol. The van der Waals surface area contributed by atoms with Crippen LogP contribution in [0.1, 0.15) is 17.4 Å². The molecule has 22 heavy (non-hydrogen) atoms. The van der Waals surface area contributed by atoms with Gasteiger partial charge in [-0.15, -0.1) is 0 Å². The maximum absolute atomic E-state index is 12.7. The second kappa shape index (κ2) is 5.65. The molecule has 1 aromatic heterocycles. The molecule has 0 spiro atoms. The van der Waals surface area contributed by atoms with Gasteiger partial charge in [0.15, 0.2) is 0 Å². The van der Waals surface area contributed by atoms with Crippen LogP contribution < -0.4 is 0 Å². The molecule has 0 unspecified atom stereocenters. The van der Waals surface area contributed by atoms with E-state index in [-0.39, 0.29) is 11.8 Å². The summed E-state index contributed by atoms with van der Waals surface area (Å²) in [6, 6.07) is 7.48. The third-order valence-corrected chi connectivity index (χ3v) is 4.47. The topological polar surface area (TPSA) is 45.6 Å². The molecule has 0 aliphatic carbocycles. The van der Waals surface area contributed by atoms with E-state index >= 15 is 0 Å². The number of nitrogens with zero attached hydrogens (tertiary/aromatic N) is 3. The molecule has 0 radical (unpaired) electrons. The number of hydrogen-bond donors (Lipinski definition) is 0. The van der Waals surface area contributed by atoms with Gasteiger partial charge in [-0.2, -0.15) is 0 Å². The molecule has 3 rings (SSSR count). The molecule has 1 aliphatic heterocycles. The van der Waals surface area contributed by atoms with Crippen molar-refractivity contribution in [3.05, 3.63) is 35.0 Å². The molecule has 1 saturated heterocycles. The summed E-state index contributed by atoms with van der Waals surface area (Å²) in [4.78, 5) is 27.6. The van der Waals surface area contributed by atoms with E-state index in [1.54, 1.807) is 16.7 Å². The van der Waals surface area contributed by atoms with Gasteiger partial charge >= 0.3 is 0 Å². The predicted octanol–water partition coefficient (Wildman–Crippen LogP) is 2.14. The van der Waals surface area contributed by atoms with Crippen LogP contribution in [0.25, 0.3) is 10.9 Å². The lowest BCUT2D eigenvalue weighted by atomic mass is 10.2. The van der Waals surface area contributed by atoms with E-state index in [0.29, 0.717) is 36.9 Å². The summed E-state index contributed by atoms with van der Waals surface area (Å²) < 4.78 is 1.89. The van der Waals surface area contributed by atoms with E-state index in [0.717, 1.165) is 10.9 Å². The molecule has 0 saturated carbocycles. The van der Waals surface area contributed by atoms with Gasteiger partial charge in [-0.05, 0) is 24.3 Å². The third-order valence-electron chi connectivity index (χ3n) is 4.24. The lowest BCUT2D eigenvalue weighted by Crippen LogP contribution is -2.50. The molecule has 116 valence electrons. The summed E-state index contributed by atoms with van der Waals surface area (Å²) in [7, 11) is 1.88. The van der Waals surface area contributed by atoms with Crippen molar-refractivity contribution < 1.29 is 9.59 Å². The summed E-state index contributed by atoms with van der Waals surface area (Å²) >= 11 is 6.01. The monoisotopic (exact) mass is 319 g/mol. The predicted molar refractivity (Wildman–Crippen MR) is 86.1 cm³/mol. The zero-order valence-electron chi connectivity index (χ0n) is 12.7. The van der Waals surface area contributed by atoms with Gasteiger partial charge in [0, 0.05) is 56.1 Å². The normalized spacial score (nSPS) is 15.4. The Kier molecular flexibility index (Phi) is 3.83. The maximum atomic E-state index is 12.7. The molecule has 0 N–H and O–H groups in total. The standard InChI is InChI=1S/C16H18ClN3O2/c1-11(21)19-5-7-20(8-6-19)16(22)15-10-12-9-13(17)3-4-14(12)18(15)2/h3-4,9-10H,5-8H2,1-2H3. The minimum Gasteiger partial charge on any atom is -0.340 e. The Hall–Kier alpha value is -2.01. The maximum Gasteiger partial charge on any atom is 0.270 e. The molecule has 5 nitrogen and oxygen atoms in total. The first-order chi connectivity index (χ1) is 10.5. The Labute approximate surface area is 134 Å². The van der Waals surface area contributed by atoms with Crippen molar-refractivity contribution in [2.75, 3.05) is 26.2 Å². The van der Waals surface area contributed by atoms with Crippen LogP contribution in [0.15, 0.2) is 24.3 Å². The quantitative estimate of drug-likeness (QED) is 0.808. The number of hydrogen-bond acceptors (Lipinski definition) is 2. The van der Waals surface area contributed by atoms with Crippen molar-refractivity contribution in [3.8, 4) is 0 Å². The van der Waals surface area contributed by atoms with Gasteiger partial charge in [-0.3, -0.25) is 9.59 Å². The molecule has 1 fully saturated rings. The Bertz CT molecular complexity index is 745. The van der Waals surface area contributed by atoms with Gasteiger partial charge in [-0.25, -0.2) is 0 Å². The molecule has 1 aromatic carbocycles. The molecule has 1 aliphatic rings. The second-order valence-corrected chi connectivity index (χ2v) is 6.03. The van der Waals surface area contributed by atoms with E-state index in [1.165, 1.54) is 0 Å². The summed E-state index contributed by atoms with van der Waals surface area (Å²) in [6.45, 7) is 3.89. The number of fused-ring (bicyclic) bond motifs is 1. The Balaban J connectivity index is 1.84. The van der Waals surface area contributed by atoms with Gasteiger partial charge in [0.05, 0.1) is 0 Å². The summed E-state index contributed by atoms with van der Waals surface area (Å²) in [5.41, 5.74) is 1.63. The summed E-state index contributed by atoms with van der Waals surface area (Å²) in [5.74, 6) is 0.0596. The van der Waals surface area contributed by atoms with Crippen LogP contribution >= 0.6 is 11.6 Å². The van der Waals surface area contributed by atoms with Crippen LogP contribution in [-0.4, -0.2) is 52.4 Å². The number of amides is 2. The van der Waals surface area contributed by atoms with Crippen molar-refractivity contribution in [2.45, 2.75) is 6.92 Å². The smallest absolute Gasteiger partial charge is 0.270 e. The van der Waals surface area contributed by atoms with Crippen LogP contribution in [0.4, 0.5) is 0 Å². The van der Waals surface area contributed by atoms with Crippen molar-refractivity contribution >= 4 is 34.3 Å². The van der Waals surface area contributed by atoms with E-state index in [2.05, 4.69) is 0 Å². The molecule has 2 amide bonds. The highest BCUT2D eigenvalue weighted by Gasteiger charge is 2.25. The molecular formula is C16H18ClN3O2. The Morgan fingerprint density at radius 2 is 1.68 bits per heavy atom. The van der Waals surface area contributed by atoms with Gasteiger partial charge in [0.25, 0.3) is 5.91 Å². The zero-order valence-corrected chi connectivity index (χ0v) is 13.4. The average Bonchev–Trinajstić information content (AvgIpc) is 2.83. The van der Waals surface area contributed by atoms with Crippen molar-refractivity contribution in [3.63, 3.8) is 0 Å². The molecule has 0 atom stereocenters. The van der Waals surface area contributed by atoms with E-state index in [9.17, 15) is 9.59 Å². The van der Waals surface area contributed by atoms with E-state index in [4.69, 9.17) is 11.6 Å². The largest absolute Gasteiger partial charge is 0.340 e. The van der Waals surface area contributed by atoms with Crippen molar-refractivity contribution in [2.24, 2.45) is 7.05 Å². The first-order valence-electron chi connectivity index (χ1n) is 7.27. The molecule has 0 bridgehead atoms. The van der Waals surface area contributed by atoms with Crippen LogP contribution in [0.5, 0.6) is 0 Å². The van der Waals surface area contributed by atoms with Gasteiger partial charge in [0.1, 0.15) is 5.69 Å². The number of aryl methyl sites for hydroxylation is 1. The Morgan fingerprint density at radius 1 is 1.05 bits per heavy atom. The summed E-state index contributed by atoms with van der Waals surface area (Å²) in [5, 5.41) is 1.62. The van der Waals surface area contributed by atoms with Gasteiger partial charge < -0.3 is 14.4 Å². The van der Waals surface area contributed by atoms with Crippen LogP contribution in [0.2, 0.25) is 5.02 Å². The molecule has 2 heterocycles. The highest BCUT2D eigenvalue weighted by atomic mass is 35.5. The lowest BCUT2D eigenvalue weighted by Gasteiger charge is -2.34.